The molecule has 2 aromatic rings. The molecule has 0 aliphatic carbocycles. The Kier molecular flexibility index (Phi) is 6.56. The van der Waals surface area contributed by atoms with Crippen molar-refractivity contribution in [2.45, 2.75) is 0 Å². The van der Waals surface area contributed by atoms with Crippen LogP contribution in [0.2, 0.25) is 15.1 Å². The Bertz CT molecular complexity index is 790. The molecule has 2 aromatic carbocycles. The Balaban J connectivity index is 2.01. The van der Waals surface area contributed by atoms with Gasteiger partial charge in [0.15, 0.2) is 6.61 Å². The van der Waals surface area contributed by atoms with E-state index in [1.54, 1.807) is 6.07 Å². The van der Waals surface area contributed by atoms with Crippen LogP contribution in [0.5, 0.6) is 5.75 Å². The molecule has 0 aliphatic heterocycles. The summed E-state index contributed by atoms with van der Waals surface area (Å²) in [7, 11) is 0. The van der Waals surface area contributed by atoms with E-state index in [2.05, 4.69) is 5.32 Å². The number of amides is 1. The summed E-state index contributed by atoms with van der Waals surface area (Å²) in [4.78, 5) is 23.8. The molecule has 0 saturated heterocycles. The molecule has 126 valence electrons. The molecule has 2 N–H and O–H groups in total. The van der Waals surface area contributed by atoms with Gasteiger partial charge in [-0.1, -0.05) is 34.8 Å². The number of anilines is 1. The molecule has 0 heterocycles. The lowest BCUT2D eigenvalue weighted by Crippen LogP contribution is -2.21. The van der Waals surface area contributed by atoms with E-state index in [-0.39, 0.29) is 27.0 Å². The van der Waals surface area contributed by atoms with Gasteiger partial charge in [0.2, 0.25) is 0 Å². The van der Waals surface area contributed by atoms with Gasteiger partial charge in [-0.2, -0.15) is 0 Å². The van der Waals surface area contributed by atoms with E-state index in [4.69, 9.17) is 39.5 Å². The van der Waals surface area contributed by atoms with Crippen molar-refractivity contribution in [3.8, 4) is 5.75 Å². The number of ether oxygens (including phenoxy) is 1. The number of hydrogen-bond acceptors (Lipinski definition) is 4. The van der Waals surface area contributed by atoms with Crippen LogP contribution in [0.3, 0.4) is 0 Å². The SMILES string of the molecule is O=C(COC(=O)c1cc(I)ccc1O)Nc1c(Cl)cc(Cl)cc1Cl. The standard InChI is InChI=1S/C15H9Cl3INO4/c16-7-3-10(17)14(11(18)4-7)20-13(22)6-24-15(23)9-5-8(19)1-2-12(9)21/h1-5,21H,6H2,(H,20,22). The maximum Gasteiger partial charge on any atom is 0.342 e. The summed E-state index contributed by atoms with van der Waals surface area (Å²) >= 11 is 19.7. The van der Waals surface area contributed by atoms with Crippen molar-refractivity contribution in [2.24, 2.45) is 0 Å². The lowest BCUT2D eigenvalue weighted by molar-refractivity contribution is -0.119. The molecule has 0 saturated carbocycles. The van der Waals surface area contributed by atoms with Crippen LogP contribution in [0, 0.1) is 3.57 Å². The van der Waals surface area contributed by atoms with Crippen LogP contribution in [0.4, 0.5) is 5.69 Å². The minimum atomic E-state index is -0.825. The van der Waals surface area contributed by atoms with Gasteiger partial charge in [0.25, 0.3) is 5.91 Å². The molecule has 2 rings (SSSR count). The van der Waals surface area contributed by atoms with Gasteiger partial charge in [0.1, 0.15) is 11.3 Å². The molecule has 0 bridgehead atoms. The molecule has 24 heavy (non-hydrogen) atoms. The third kappa shape index (κ3) is 4.89. The molecular formula is C15H9Cl3INO4. The van der Waals surface area contributed by atoms with Crippen LogP contribution in [0.15, 0.2) is 30.3 Å². The average Bonchev–Trinajstić information content (AvgIpc) is 2.50. The molecule has 0 spiro atoms. The second-order valence-electron chi connectivity index (χ2n) is 4.53. The van der Waals surface area contributed by atoms with E-state index < -0.39 is 18.5 Å². The Morgan fingerprint density at radius 3 is 2.38 bits per heavy atom. The number of aromatic hydroxyl groups is 1. The van der Waals surface area contributed by atoms with Crippen LogP contribution in [0.1, 0.15) is 10.4 Å². The zero-order valence-corrected chi connectivity index (χ0v) is 16.2. The number of carbonyl (C=O) groups is 2. The fourth-order valence-corrected chi connectivity index (χ4v) is 3.12. The molecular weight excluding hydrogens is 491 g/mol. The number of phenolic OH excluding ortho intramolecular Hbond substituents is 1. The first-order chi connectivity index (χ1) is 11.3. The summed E-state index contributed by atoms with van der Waals surface area (Å²) in [6, 6.07) is 7.28. The first-order valence-corrected chi connectivity index (χ1v) is 8.59. The maximum atomic E-state index is 11.9. The van der Waals surface area contributed by atoms with Gasteiger partial charge in [-0.25, -0.2) is 4.79 Å². The van der Waals surface area contributed by atoms with Gasteiger partial charge < -0.3 is 15.2 Å². The largest absolute Gasteiger partial charge is 0.507 e. The third-order valence-electron chi connectivity index (χ3n) is 2.78. The molecule has 0 atom stereocenters. The van der Waals surface area contributed by atoms with Crippen molar-refractivity contribution in [3.05, 3.63) is 54.5 Å². The zero-order chi connectivity index (χ0) is 17.9. The summed E-state index contributed by atoms with van der Waals surface area (Å²) < 4.78 is 5.61. The number of nitrogens with one attached hydrogen (secondary N) is 1. The Labute approximate surface area is 166 Å². The van der Waals surface area contributed by atoms with Crippen LogP contribution in [-0.4, -0.2) is 23.6 Å². The van der Waals surface area contributed by atoms with Crippen LogP contribution >= 0.6 is 57.4 Å². The monoisotopic (exact) mass is 499 g/mol. The highest BCUT2D eigenvalue weighted by Crippen LogP contribution is 2.33. The number of halogens is 4. The predicted octanol–water partition coefficient (Wildman–Crippen LogP) is 4.75. The lowest BCUT2D eigenvalue weighted by Gasteiger charge is -2.10. The van der Waals surface area contributed by atoms with Crippen molar-refractivity contribution in [1.29, 1.82) is 0 Å². The highest BCUT2D eigenvalue weighted by Gasteiger charge is 2.16. The first kappa shape index (κ1) is 19.1. The summed E-state index contributed by atoms with van der Waals surface area (Å²) in [6.45, 7) is -0.570. The average molecular weight is 501 g/mol. The maximum absolute atomic E-state index is 11.9. The van der Waals surface area contributed by atoms with Crippen molar-refractivity contribution in [1.82, 2.24) is 0 Å². The molecule has 0 aromatic heterocycles. The van der Waals surface area contributed by atoms with Gasteiger partial charge in [-0.15, -0.1) is 0 Å². The van der Waals surface area contributed by atoms with E-state index >= 15 is 0 Å². The number of carbonyl (C=O) groups excluding carboxylic acids is 2. The summed E-state index contributed by atoms with van der Waals surface area (Å²) in [5.41, 5.74) is 0.137. The number of hydrogen-bond donors (Lipinski definition) is 2. The first-order valence-electron chi connectivity index (χ1n) is 6.38. The smallest absolute Gasteiger partial charge is 0.342 e. The van der Waals surface area contributed by atoms with E-state index in [0.29, 0.717) is 5.02 Å². The Hall–Kier alpha value is -1.22. The molecule has 0 aliphatic rings. The quantitative estimate of drug-likeness (QED) is 0.469. The lowest BCUT2D eigenvalue weighted by atomic mass is 10.2. The number of esters is 1. The number of rotatable bonds is 4. The van der Waals surface area contributed by atoms with Crippen LogP contribution in [-0.2, 0) is 9.53 Å². The molecule has 5 nitrogen and oxygen atoms in total. The molecule has 0 fully saturated rings. The van der Waals surface area contributed by atoms with Gasteiger partial charge in [0.05, 0.1) is 15.7 Å². The highest BCUT2D eigenvalue weighted by atomic mass is 127. The molecule has 0 radical (unpaired) electrons. The predicted molar refractivity (Wildman–Crippen MR) is 101 cm³/mol. The van der Waals surface area contributed by atoms with E-state index in [9.17, 15) is 14.7 Å². The topological polar surface area (TPSA) is 75.6 Å². The number of benzene rings is 2. The summed E-state index contributed by atoms with van der Waals surface area (Å²) in [5, 5.41) is 12.7. The van der Waals surface area contributed by atoms with Gasteiger partial charge in [-0.3, -0.25) is 4.79 Å². The van der Waals surface area contributed by atoms with Gasteiger partial charge in [0, 0.05) is 8.59 Å². The van der Waals surface area contributed by atoms with E-state index in [1.807, 2.05) is 22.6 Å². The van der Waals surface area contributed by atoms with Crippen molar-refractivity contribution in [3.63, 3.8) is 0 Å². The zero-order valence-electron chi connectivity index (χ0n) is 11.8. The van der Waals surface area contributed by atoms with Crippen molar-refractivity contribution in [2.75, 3.05) is 11.9 Å². The minimum absolute atomic E-state index is 0.0303. The Morgan fingerprint density at radius 1 is 1.12 bits per heavy atom. The number of phenols is 1. The second kappa shape index (κ2) is 8.24. The fraction of sp³-hybridized carbons (Fsp3) is 0.0667. The summed E-state index contributed by atoms with van der Waals surface area (Å²) in [5.74, 6) is -1.70. The molecule has 0 unspecified atom stereocenters. The van der Waals surface area contributed by atoms with Crippen molar-refractivity contribution < 1.29 is 19.4 Å². The van der Waals surface area contributed by atoms with E-state index in [1.165, 1.54) is 24.3 Å². The van der Waals surface area contributed by atoms with Gasteiger partial charge >= 0.3 is 5.97 Å². The Morgan fingerprint density at radius 2 is 1.75 bits per heavy atom. The minimum Gasteiger partial charge on any atom is -0.507 e. The molecule has 1 amide bonds. The second-order valence-corrected chi connectivity index (χ2v) is 7.03. The fourth-order valence-electron chi connectivity index (χ4n) is 1.72. The van der Waals surface area contributed by atoms with Crippen LogP contribution in [0.25, 0.3) is 0 Å². The third-order valence-corrected chi connectivity index (χ3v) is 4.27. The normalized spacial score (nSPS) is 10.3. The van der Waals surface area contributed by atoms with Crippen molar-refractivity contribution >= 4 is 75.0 Å². The molecule has 9 heteroatoms. The van der Waals surface area contributed by atoms with E-state index in [0.717, 1.165) is 3.57 Å². The highest BCUT2D eigenvalue weighted by molar-refractivity contribution is 14.1. The summed E-state index contributed by atoms with van der Waals surface area (Å²) in [6.07, 6.45) is 0. The van der Waals surface area contributed by atoms with Gasteiger partial charge in [-0.05, 0) is 52.9 Å². The van der Waals surface area contributed by atoms with Crippen LogP contribution < -0.4 is 5.32 Å².